The van der Waals surface area contributed by atoms with Gasteiger partial charge >= 0.3 is 0 Å². The first-order valence-corrected chi connectivity index (χ1v) is 10.5. The van der Waals surface area contributed by atoms with Crippen LogP contribution in [0.2, 0.25) is 0 Å². The molecule has 6 atom stereocenters. The molecule has 2 N–H and O–H groups in total. The van der Waals surface area contributed by atoms with Crippen LogP contribution in [0.25, 0.3) is 0 Å². The highest BCUT2D eigenvalue weighted by Gasteiger charge is 2.60. The number of carbonyl (C=O) groups excluding carboxylic acids is 1. The van der Waals surface area contributed by atoms with E-state index in [4.69, 9.17) is 0 Å². The number of aliphatic hydroxyl groups excluding tert-OH is 2. The van der Waals surface area contributed by atoms with Crippen LogP contribution in [0, 0.1) is 34.5 Å². The maximum atomic E-state index is 11.9. The van der Waals surface area contributed by atoms with E-state index in [2.05, 4.69) is 6.92 Å². The minimum atomic E-state index is 0.110. The summed E-state index contributed by atoms with van der Waals surface area (Å²) in [6.45, 7) is 3.02. The Kier molecular flexibility index (Phi) is 4.60. The normalized spacial score (nSPS) is 46.2. The molecule has 0 aromatic heterocycles. The van der Waals surface area contributed by atoms with Gasteiger partial charge in [0, 0.05) is 19.6 Å². The molecule has 0 bridgehead atoms. The molecule has 0 spiro atoms. The van der Waals surface area contributed by atoms with Crippen molar-refractivity contribution in [3.8, 4) is 0 Å². The summed E-state index contributed by atoms with van der Waals surface area (Å²) >= 11 is 0. The van der Waals surface area contributed by atoms with Crippen LogP contribution in [0.1, 0.15) is 71.1 Å². The van der Waals surface area contributed by atoms with Crippen LogP contribution < -0.4 is 0 Å². The van der Waals surface area contributed by atoms with Crippen molar-refractivity contribution in [3.63, 3.8) is 0 Å². The Balaban J connectivity index is 1.61. The molecule has 0 aromatic carbocycles. The van der Waals surface area contributed by atoms with Gasteiger partial charge in [0.2, 0.25) is 0 Å². The first kappa shape index (κ1) is 17.7. The van der Waals surface area contributed by atoms with Crippen molar-refractivity contribution in [1.29, 1.82) is 0 Å². The Morgan fingerprint density at radius 1 is 1.08 bits per heavy atom. The molecule has 3 fully saturated rings. The van der Waals surface area contributed by atoms with Crippen LogP contribution in [0.15, 0.2) is 11.6 Å². The average molecular weight is 347 g/mol. The lowest BCUT2D eigenvalue weighted by atomic mass is 9.46. The number of aliphatic hydroxyl groups is 2. The second-order valence-electron chi connectivity index (χ2n) is 9.54. The smallest absolute Gasteiger partial charge is 0.155 e. The van der Waals surface area contributed by atoms with E-state index >= 15 is 0 Å². The Labute approximate surface area is 151 Å². The molecule has 3 nitrogen and oxygen atoms in total. The predicted octanol–water partition coefficient (Wildman–Crippen LogP) is 3.88. The molecule has 25 heavy (non-hydrogen) atoms. The first-order chi connectivity index (χ1) is 12.0. The summed E-state index contributed by atoms with van der Waals surface area (Å²) in [7, 11) is 0. The second-order valence-corrected chi connectivity index (χ2v) is 9.54. The molecule has 0 heterocycles. The van der Waals surface area contributed by atoms with Crippen molar-refractivity contribution in [3.05, 3.63) is 11.6 Å². The van der Waals surface area contributed by atoms with Gasteiger partial charge < -0.3 is 10.2 Å². The number of fused-ring (bicyclic) bond motifs is 5. The molecule has 0 amide bonds. The summed E-state index contributed by atoms with van der Waals surface area (Å²) < 4.78 is 0. The zero-order valence-corrected chi connectivity index (χ0v) is 15.7. The Morgan fingerprint density at radius 3 is 2.68 bits per heavy atom. The maximum Gasteiger partial charge on any atom is 0.155 e. The van der Waals surface area contributed by atoms with Crippen molar-refractivity contribution >= 4 is 5.78 Å². The van der Waals surface area contributed by atoms with E-state index in [1.54, 1.807) is 0 Å². The van der Waals surface area contributed by atoms with Gasteiger partial charge in [0.25, 0.3) is 0 Å². The molecule has 0 radical (unpaired) electrons. The van der Waals surface area contributed by atoms with Gasteiger partial charge in [-0.3, -0.25) is 4.79 Å². The lowest BCUT2D eigenvalue weighted by molar-refractivity contribution is -0.118. The molecule has 4 aliphatic carbocycles. The SMILES string of the molecule is C[C@]12CCC(=O)C=C1CC[C@H]1[C@@H]3CC[C@H](CCCO)[C@@]3(CO)CC[C@@H]12. The fraction of sp³-hybridized carbons (Fsp3) is 0.864. The Bertz CT molecular complexity index is 568. The van der Waals surface area contributed by atoms with E-state index in [1.165, 1.54) is 31.3 Å². The molecule has 0 unspecified atom stereocenters. The minimum absolute atomic E-state index is 0.110. The van der Waals surface area contributed by atoms with Gasteiger partial charge in [-0.25, -0.2) is 0 Å². The second kappa shape index (κ2) is 6.49. The number of carbonyl (C=O) groups is 1. The van der Waals surface area contributed by atoms with E-state index < -0.39 is 0 Å². The summed E-state index contributed by atoms with van der Waals surface area (Å²) in [5.41, 5.74) is 1.76. The van der Waals surface area contributed by atoms with Gasteiger partial charge in [-0.15, -0.1) is 0 Å². The maximum absolute atomic E-state index is 11.9. The first-order valence-electron chi connectivity index (χ1n) is 10.5. The number of rotatable bonds is 4. The van der Waals surface area contributed by atoms with Crippen molar-refractivity contribution < 1.29 is 15.0 Å². The number of ketones is 1. The summed E-state index contributed by atoms with van der Waals surface area (Å²) in [4.78, 5) is 11.9. The molecular formula is C22H34O3. The van der Waals surface area contributed by atoms with Crippen molar-refractivity contribution in [2.45, 2.75) is 71.1 Å². The van der Waals surface area contributed by atoms with Crippen LogP contribution in [0.4, 0.5) is 0 Å². The van der Waals surface area contributed by atoms with E-state index in [0.717, 1.165) is 44.4 Å². The topological polar surface area (TPSA) is 57.5 Å². The highest BCUT2D eigenvalue weighted by atomic mass is 16.3. The van der Waals surface area contributed by atoms with Crippen molar-refractivity contribution in [2.75, 3.05) is 13.2 Å². The lowest BCUT2D eigenvalue weighted by Crippen LogP contribution is -2.52. The Hall–Kier alpha value is -0.670. The van der Waals surface area contributed by atoms with Gasteiger partial charge in [0.1, 0.15) is 0 Å². The third-order valence-electron chi connectivity index (χ3n) is 8.86. The standard InChI is InChI=1S/C22H34O3/c1-21-10-8-17(25)13-16(21)4-6-18-19(21)9-11-22(14-24)15(3-2-12-23)5-7-20(18)22/h13,15,18-20,23-24H,2-12,14H2,1H3/t15-,18+,19-,20-,21-,22-/m0/s1. The van der Waals surface area contributed by atoms with Gasteiger partial charge in [-0.05, 0) is 98.4 Å². The van der Waals surface area contributed by atoms with Crippen molar-refractivity contribution in [1.82, 2.24) is 0 Å². The molecule has 0 aliphatic heterocycles. The molecule has 140 valence electrons. The van der Waals surface area contributed by atoms with Crippen LogP contribution in [-0.2, 0) is 4.79 Å². The zero-order chi connectivity index (χ0) is 17.7. The highest BCUT2D eigenvalue weighted by molar-refractivity contribution is 5.91. The van der Waals surface area contributed by atoms with Crippen LogP contribution >= 0.6 is 0 Å². The van der Waals surface area contributed by atoms with E-state index in [1.807, 2.05) is 6.08 Å². The third kappa shape index (κ3) is 2.56. The number of allylic oxidation sites excluding steroid dienone is 1. The highest BCUT2D eigenvalue weighted by Crippen LogP contribution is 2.67. The summed E-state index contributed by atoms with van der Waals surface area (Å²) in [5.74, 6) is 2.98. The fourth-order valence-electron chi connectivity index (χ4n) is 7.57. The van der Waals surface area contributed by atoms with Gasteiger partial charge in [0.05, 0.1) is 0 Å². The van der Waals surface area contributed by atoms with Crippen LogP contribution in [0.5, 0.6) is 0 Å². The summed E-state index contributed by atoms with van der Waals surface area (Å²) in [5, 5.41) is 19.7. The monoisotopic (exact) mass is 346 g/mol. The Morgan fingerprint density at radius 2 is 1.92 bits per heavy atom. The molecule has 0 saturated heterocycles. The summed E-state index contributed by atoms with van der Waals surface area (Å²) in [6, 6.07) is 0. The number of hydrogen-bond acceptors (Lipinski definition) is 3. The zero-order valence-electron chi connectivity index (χ0n) is 15.7. The predicted molar refractivity (Wildman–Crippen MR) is 97.9 cm³/mol. The lowest BCUT2D eigenvalue weighted by Gasteiger charge is -2.58. The largest absolute Gasteiger partial charge is 0.396 e. The van der Waals surface area contributed by atoms with Crippen LogP contribution in [-0.4, -0.2) is 29.2 Å². The quantitative estimate of drug-likeness (QED) is 0.812. The molecule has 4 rings (SSSR count). The van der Waals surface area contributed by atoms with Gasteiger partial charge in [0.15, 0.2) is 5.78 Å². The van der Waals surface area contributed by atoms with E-state index in [-0.39, 0.29) is 17.4 Å². The molecule has 4 aliphatic rings. The molecule has 3 heteroatoms. The van der Waals surface area contributed by atoms with Crippen molar-refractivity contribution in [2.24, 2.45) is 34.5 Å². The summed E-state index contributed by atoms with van der Waals surface area (Å²) in [6.07, 6.45) is 12.8. The van der Waals surface area contributed by atoms with Gasteiger partial charge in [-0.2, -0.15) is 0 Å². The van der Waals surface area contributed by atoms with Gasteiger partial charge in [-0.1, -0.05) is 12.5 Å². The fourth-order valence-corrected chi connectivity index (χ4v) is 7.57. The van der Waals surface area contributed by atoms with Crippen LogP contribution in [0.3, 0.4) is 0 Å². The third-order valence-corrected chi connectivity index (χ3v) is 8.86. The van der Waals surface area contributed by atoms with E-state index in [9.17, 15) is 15.0 Å². The minimum Gasteiger partial charge on any atom is -0.396 e. The molecule has 3 saturated carbocycles. The van der Waals surface area contributed by atoms with E-state index in [0.29, 0.717) is 30.1 Å². The molecular weight excluding hydrogens is 312 g/mol. The molecule has 0 aromatic rings. The number of hydrogen-bond donors (Lipinski definition) is 2. The average Bonchev–Trinajstić information content (AvgIpc) is 2.99.